The molecule has 0 spiro atoms. The SMILES string of the molecule is COc1ccc(OC)c(CC(=O)N[C@H]2CC[C@H]2NC2CCCCCC2)c1. The maximum atomic E-state index is 12.5. The summed E-state index contributed by atoms with van der Waals surface area (Å²) in [6.07, 6.45) is 10.5. The molecule has 5 nitrogen and oxygen atoms in total. The lowest BCUT2D eigenvalue weighted by Crippen LogP contribution is -2.59. The predicted molar refractivity (Wildman–Crippen MR) is 103 cm³/mol. The van der Waals surface area contributed by atoms with E-state index in [0.29, 0.717) is 18.5 Å². The van der Waals surface area contributed by atoms with Gasteiger partial charge in [0.15, 0.2) is 0 Å². The van der Waals surface area contributed by atoms with Gasteiger partial charge in [-0.2, -0.15) is 0 Å². The zero-order valence-electron chi connectivity index (χ0n) is 16.1. The lowest BCUT2D eigenvalue weighted by molar-refractivity contribution is -0.122. The number of rotatable bonds is 7. The standard InChI is InChI=1S/C21H32N2O3/c1-25-17-9-12-20(26-2)15(13-17)14-21(24)23-19-11-10-18(19)22-16-7-5-3-4-6-8-16/h9,12-13,16,18-19,22H,3-8,10-11,14H2,1-2H3,(H,23,24)/t18-,19+/m1/s1. The molecule has 2 aliphatic rings. The summed E-state index contributed by atoms with van der Waals surface area (Å²) in [5.41, 5.74) is 0.858. The average molecular weight is 360 g/mol. The molecule has 1 aromatic rings. The molecule has 0 aliphatic heterocycles. The summed E-state index contributed by atoms with van der Waals surface area (Å²) in [7, 11) is 3.26. The first kappa shape index (κ1) is 19.0. The number of ether oxygens (including phenoxy) is 2. The Morgan fingerprint density at radius 1 is 1.00 bits per heavy atom. The number of carbonyl (C=O) groups is 1. The van der Waals surface area contributed by atoms with E-state index in [1.54, 1.807) is 14.2 Å². The van der Waals surface area contributed by atoms with Gasteiger partial charge in [0.05, 0.1) is 20.6 Å². The minimum atomic E-state index is 0.0499. The second-order valence-corrected chi connectivity index (χ2v) is 7.57. The Balaban J connectivity index is 1.51. The number of hydrogen-bond donors (Lipinski definition) is 2. The molecule has 2 aliphatic carbocycles. The number of amides is 1. The number of carbonyl (C=O) groups excluding carboxylic acids is 1. The van der Waals surface area contributed by atoms with Crippen LogP contribution in [0.25, 0.3) is 0 Å². The third kappa shape index (κ3) is 4.91. The number of benzene rings is 1. The van der Waals surface area contributed by atoms with Crippen molar-refractivity contribution in [2.75, 3.05) is 14.2 Å². The molecule has 0 bridgehead atoms. The lowest BCUT2D eigenvalue weighted by atomic mass is 9.85. The van der Waals surface area contributed by atoms with Crippen LogP contribution in [0.15, 0.2) is 18.2 Å². The first-order chi connectivity index (χ1) is 12.7. The first-order valence-corrected chi connectivity index (χ1v) is 9.96. The number of methoxy groups -OCH3 is 2. The Bertz CT molecular complexity index is 597. The van der Waals surface area contributed by atoms with Crippen LogP contribution in [0.4, 0.5) is 0 Å². The molecular weight excluding hydrogens is 328 g/mol. The van der Waals surface area contributed by atoms with Crippen molar-refractivity contribution in [1.82, 2.24) is 10.6 Å². The Morgan fingerprint density at radius 3 is 2.35 bits per heavy atom. The minimum absolute atomic E-state index is 0.0499. The molecule has 0 saturated heterocycles. The van der Waals surface area contributed by atoms with E-state index in [1.807, 2.05) is 18.2 Å². The molecule has 2 fully saturated rings. The van der Waals surface area contributed by atoms with E-state index in [4.69, 9.17) is 9.47 Å². The van der Waals surface area contributed by atoms with E-state index in [1.165, 1.54) is 38.5 Å². The Morgan fingerprint density at radius 2 is 1.73 bits per heavy atom. The fourth-order valence-corrected chi connectivity index (χ4v) is 4.07. The van der Waals surface area contributed by atoms with Crippen LogP contribution in [0.5, 0.6) is 11.5 Å². The molecule has 0 aromatic heterocycles. The number of nitrogens with one attached hydrogen (secondary N) is 2. The molecule has 0 radical (unpaired) electrons. The summed E-state index contributed by atoms with van der Waals surface area (Å²) < 4.78 is 10.6. The van der Waals surface area contributed by atoms with Crippen molar-refractivity contribution < 1.29 is 14.3 Å². The van der Waals surface area contributed by atoms with Crippen molar-refractivity contribution in [1.29, 1.82) is 0 Å². The smallest absolute Gasteiger partial charge is 0.224 e. The first-order valence-electron chi connectivity index (χ1n) is 9.96. The van der Waals surface area contributed by atoms with E-state index in [9.17, 15) is 4.79 Å². The normalized spacial score (nSPS) is 23.6. The van der Waals surface area contributed by atoms with Gasteiger partial charge < -0.3 is 20.1 Å². The third-order valence-corrected chi connectivity index (χ3v) is 5.76. The highest BCUT2D eigenvalue weighted by Crippen LogP contribution is 2.26. The van der Waals surface area contributed by atoms with Crippen molar-refractivity contribution >= 4 is 5.91 Å². The molecule has 5 heteroatoms. The van der Waals surface area contributed by atoms with Crippen LogP contribution in [0.1, 0.15) is 56.9 Å². The maximum absolute atomic E-state index is 12.5. The summed E-state index contributed by atoms with van der Waals surface area (Å²) in [5, 5.41) is 7.01. The van der Waals surface area contributed by atoms with Gasteiger partial charge >= 0.3 is 0 Å². The summed E-state index contributed by atoms with van der Waals surface area (Å²) in [5.74, 6) is 1.52. The molecule has 2 atom stereocenters. The zero-order valence-corrected chi connectivity index (χ0v) is 16.1. The van der Waals surface area contributed by atoms with E-state index in [-0.39, 0.29) is 11.9 Å². The number of hydrogen-bond acceptors (Lipinski definition) is 4. The summed E-state index contributed by atoms with van der Waals surface area (Å²) >= 11 is 0. The van der Waals surface area contributed by atoms with Crippen molar-refractivity contribution in [2.24, 2.45) is 0 Å². The van der Waals surface area contributed by atoms with Crippen molar-refractivity contribution in [3.05, 3.63) is 23.8 Å². The van der Waals surface area contributed by atoms with Gasteiger partial charge in [0, 0.05) is 23.7 Å². The van der Waals surface area contributed by atoms with Crippen molar-refractivity contribution in [3.63, 3.8) is 0 Å². The molecule has 2 saturated carbocycles. The molecule has 1 aromatic carbocycles. The van der Waals surface area contributed by atoms with E-state index >= 15 is 0 Å². The van der Waals surface area contributed by atoms with E-state index in [2.05, 4.69) is 10.6 Å². The van der Waals surface area contributed by atoms with Crippen LogP contribution >= 0.6 is 0 Å². The molecule has 144 valence electrons. The van der Waals surface area contributed by atoms with Crippen LogP contribution in [0.2, 0.25) is 0 Å². The second-order valence-electron chi connectivity index (χ2n) is 7.57. The summed E-state index contributed by atoms with van der Waals surface area (Å²) in [4.78, 5) is 12.5. The molecule has 26 heavy (non-hydrogen) atoms. The average Bonchev–Trinajstić information content (AvgIpc) is 2.92. The van der Waals surface area contributed by atoms with Gasteiger partial charge in [-0.05, 0) is 43.9 Å². The van der Waals surface area contributed by atoms with Gasteiger partial charge in [0.25, 0.3) is 0 Å². The molecule has 1 amide bonds. The van der Waals surface area contributed by atoms with Gasteiger partial charge in [-0.15, -0.1) is 0 Å². The maximum Gasteiger partial charge on any atom is 0.224 e. The second kappa shape index (κ2) is 9.26. The highest BCUT2D eigenvalue weighted by atomic mass is 16.5. The fourth-order valence-electron chi connectivity index (χ4n) is 4.07. The van der Waals surface area contributed by atoms with Gasteiger partial charge in [-0.1, -0.05) is 25.7 Å². The van der Waals surface area contributed by atoms with Gasteiger partial charge in [0.2, 0.25) is 5.91 Å². The third-order valence-electron chi connectivity index (χ3n) is 5.76. The van der Waals surface area contributed by atoms with Crippen molar-refractivity contribution in [2.45, 2.75) is 75.9 Å². The zero-order chi connectivity index (χ0) is 18.4. The molecular formula is C21H32N2O3. The highest BCUT2D eigenvalue weighted by molar-refractivity contribution is 5.80. The van der Waals surface area contributed by atoms with Crippen LogP contribution in [-0.2, 0) is 11.2 Å². The molecule has 2 N–H and O–H groups in total. The molecule has 3 rings (SSSR count). The van der Waals surface area contributed by atoms with E-state index in [0.717, 1.165) is 29.9 Å². The van der Waals surface area contributed by atoms with Crippen LogP contribution in [0, 0.1) is 0 Å². The fraction of sp³-hybridized carbons (Fsp3) is 0.667. The summed E-state index contributed by atoms with van der Waals surface area (Å²) in [6, 6.07) is 6.87. The molecule has 0 heterocycles. The Hall–Kier alpha value is -1.75. The minimum Gasteiger partial charge on any atom is -0.497 e. The predicted octanol–water partition coefficient (Wildman–Crippen LogP) is 3.21. The van der Waals surface area contributed by atoms with Crippen LogP contribution in [-0.4, -0.2) is 38.3 Å². The topological polar surface area (TPSA) is 59.6 Å². The Labute approximate surface area is 156 Å². The molecule has 0 unspecified atom stereocenters. The Kier molecular flexibility index (Phi) is 6.78. The van der Waals surface area contributed by atoms with Gasteiger partial charge in [-0.3, -0.25) is 4.79 Å². The van der Waals surface area contributed by atoms with Crippen LogP contribution in [0.3, 0.4) is 0 Å². The van der Waals surface area contributed by atoms with Gasteiger partial charge in [0.1, 0.15) is 11.5 Å². The lowest BCUT2D eigenvalue weighted by Gasteiger charge is -2.40. The van der Waals surface area contributed by atoms with E-state index < -0.39 is 0 Å². The van der Waals surface area contributed by atoms with Crippen molar-refractivity contribution in [3.8, 4) is 11.5 Å². The van der Waals surface area contributed by atoms with Gasteiger partial charge in [-0.25, -0.2) is 0 Å². The monoisotopic (exact) mass is 360 g/mol. The summed E-state index contributed by atoms with van der Waals surface area (Å²) in [6.45, 7) is 0. The van der Waals surface area contributed by atoms with Crippen LogP contribution < -0.4 is 20.1 Å². The largest absolute Gasteiger partial charge is 0.497 e. The highest BCUT2D eigenvalue weighted by Gasteiger charge is 2.33. The quantitative estimate of drug-likeness (QED) is 0.733.